The van der Waals surface area contributed by atoms with E-state index in [-0.39, 0.29) is 5.91 Å². The van der Waals surface area contributed by atoms with Crippen molar-refractivity contribution in [2.75, 3.05) is 26.2 Å². The number of carbonyl (C=O) groups excluding carboxylic acids is 1. The Morgan fingerprint density at radius 2 is 2.44 bits per heavy atom. The van der Waals surface area contributed by atoms with E-state index >= 15 is 0 Å². The molecule has 0 aromatic carbocycles. The van der Waals surface area contributed by atoms with Crippen molar-refractivity contribution in [3.8, 4) is 0 Å². The molecule has 5 heteroatoms. The lowest BCUT2D eigenvalue weighted by Gasteiger charge is -2.13. The Bertz CT molecular complexity index is 403. The van der Waals surface area contributed by atoms with Crippen molar-refractivity contribution in [2.45, 2.75) is 19.9 Å². The van der Waals surface area contributed by atoms with Crippen LogP contribution >= 0.6 is 0 Å². The van der Waals surface area contributed by atoms with E-state index in [1.165, 1.54) is 0 Å². The average molecular weight is 251 g/mol. The molecular weight excluding hydrogens is 230 g/mol. The largest absolute Gasteiger partial charge is 0.455 e. The summed E-state index contributed by atoms with van der Waals surface area (Å²) in [6, 6.07) is 3.41. The van der Waals surface area contributed by atoms with Crippen LogP contribution in [-0.2, 0) is 6.54 Å². The highest BCUT2D eigenvalue weighted by Crippen LogP contribution is 2.15. The zero-order chi connectivity index (χ0) is 13.0. The van der Waals surface area contributed by atoms with Crippen molar-refractivity contribution in [1.82, 2.24) is 10.2 Å². The van der Waals surface area contributed by atoms with Crippen molar-refractivity contribution < 1.29 is 9.21 Å². The van der Waals surface area contributed by atoms with Gasteiger partial charge in [-0.1, -0.05) is 6.92 Å². The number of amides is 1. The number of rotatable bonds is 5. The van der Waals surface area contributed by atoms with Gasteiger partial charge in [0.2, 0.25) is 0 Å². The Morgan fingerprint density at radius 1 is 1.61 bits per heavy atom. The van der Waals surface area contributed by atoms with E-state index in [0.29, 0.717) is 30.5 Å². The maximum absolute atomic E-state index is 11.8. The molecule has 18 heavy (non-hydrogen) atoms. The van der Waals surface area contributed by atoms with Crippen LogP contribution in [0, 0.1) is 5.92 Å². The van der Waals surface area contributed by atoms with E-state index in [1.807, 2.05) is 0 Å². The highest BCUT2D eigenvalue weighted by Gasteiger charge is 2.22. The quantitative estimate of drug-likeness (QED) is 0.812. The number of likely N-dealkylation sites (tertiary alicyclic amines) is 1. The van der Waals surface area contributed by atoms with Gasteiger partial charge in [-0.3, -0.25) is 4.79 Å². The third kappa shape index (κ3) is 3.11. The van der Waals surface area contributed by atoms with E-state index < -0.39 is 0 Å². The minimum atomic E-state index is -0.148. The Morgan fingerprint density at radius 3 is 3.06 bits per heavy atom. The van der Waals surface area contributed by atoms with Crippen LogP contribution in [0.1, 0.15) is 29.7 Å². The molecule has 1 unspecified atom stereocenters. The molecule has 1 fully saturated rings. The third-order valence-corrected chi connectivity index (χ3v) is 3.46. The number of carbonyl (C=O) groups is 1. The van der Waals surface area contributed by atoms with Gasteiger partial charge in [0.1, 0.15) is 5.76 Å². The van der Waals surface area contributed by atoms with Crippen molar-refractivity contribution in [1.29, 1.82) is 0 Å². The summed E-state index contributed by atoms with van der Waals surface area (Å²) in [5, 5.41) is 2.92. The van der Waals surface area contributed by atoms with E-state index in [2.05, 4.69) is 17.1 Å². The van der Waals surface area contributed by atoms with Crippen LogP contribution in [-0.4, -0.2) is 37.0 Å². The molecule has 0 saturated carbocycles. The first-order valence-corrected chi connectivity index (χ1v) is 6.52. The fraction of sp³-hybridized carbons (Fsp3) is 0.615. The zero-order valence-electron chi connectivity index (χ0n) is 10.8. The van der Waals surface area contributed by atoms with Crippen LogP contribution in [0.2, 0.25) is 0 Å². The lowest BCUT2D eigenvalue weighted by molar-refractivity contribution is 0.0918. The molecule has 0 bridgehead atoms. The normalized spacial score (nSPS) is 20.2. The van der Waals surface area contributed by atoms with E-state index in [4.69, 9.17) is 10.2 Å². The van der Waals surface area contributed by atoms with Crippen molar-refractivity contribution >= 4 is 5.91 Å². The van der Waals surface area contributed by atoms with Gasteiger partial charge >= 0.3 is 0 Å². The summed E-state index contributed by atoms with van der Waals surface area (Å²) in [4.78, 5) is 14.2. The first kappa shape index (κ1) is 13.1. The minimum absolute atomic E-state index is 0.148. The number of furan rings is 1. The zero-order valence-corrected chi connectivity index (χ0v) is 10.8. The highest BCUT2D eigenvalue weighted by molar-refractivity contribution is 5.91. The van der Waals surface area contributed by atoms with Crippen LogP contribution in [0.4, 0.5) is 0 Å². The summed E-state index contributed by atoms with van der Waals surface area (Å²) in [5.74, 6) is 1.39. The third-order valence-electron chi connectivity index (χ3n) is 3.46. The molecule has 5 nitrogen and oxygen atoms in total. The van der Waals surface area contributed by atoms with Crippen LogP contribution in [0.25, 0.3) is 0 Å². The van der Waals surface area contributed by atoms with E-state index in [9.17, 15) is 4.79 Å². The molecule has 0 radical (unpaired) electrons. The van der Waals surface area contributed by atoms with Gasteiger partial charge in [0.05, 0.1) is 6.54 Å². The standard InChI is InChI=1S/C13H21N3O2/c1-2-16-6-5-10(9-16)8-15-13(17)12-4-3-11(7-14)18-12/h3-4,10H,2,5-9,14H2,1H3,(H,15,17). The summed E-state index contributed by atoms with van der Waals surface area (Å²) in [5.41, 5.74) is 5.44. The predicted octanol–water partition coefficient (Wildman–Crippen LogP) is 0.810. The number of nitrogens with one attached hydrogen (secondary N) is 1. The SMILES string of the molecule is CCN1CCC(CNC(=O)c2ccc(CN)o2)C1. The number of hydrogen-bond donors (Lipinski definition) is 2. The van der Waals surface area contributed by atoms with Gasteiger partial charge < -0.3 is 20.4 Å². The van der Waals surface area contributed by atoms with Crippen molar-refractivity contribution in [2.24, 2.45) is 11.7 Å². The minimum Gasteiger partial charge on any atom is -0.455 e. The maximum Gasteiger partial charge on any atom is 0.287 e. The first-order valence-electron chi connectivity index (χ1n) is 6.52. The van der Waals surface area contributed by atoms with Crippen LogP contribution in [0.15, 0.2) is 16.5 Å². The summed E-state index contributed by atoms with van der Waals surface area (Å²) < 4.78 is 5.30. The molecule has 2 heterocycles. The summed E-state index contributed by atoms with van der Waals surface area (Å²) in [6.45, 7) is 6.49. The molecule has 3 N–H and O–H groups in total. The van der Waals surface area contributed by atoms with Crippen LogP contribution < -0.4 is 11.1 Å². The molecule has 1 aliphatic rings. The van der Waals surface area contributed by atoms with Crippen LogP contribution in [0.5, 0.6) is 0 Å². The molecule has 1 amide bonds. The monoisotopic (exact) mass is 251 g/mol. The average Bonchev–Trinajstić information content (AvgIpc) is 3.04. The predicted molar refractivity (Wildman–Crippen MR) is 69.2 cm³/mol. The van der Waals surface area contributed by atoms with Gasteiger partial charge in [-0.15, -0.1) is 0 Å². The molecule has 0 spiro atoms. The molecule has 1 aliphatic heterocycles. The van der Waals surface area contributed by atoms with Gasteiger partial charge in [0.25, 0.3) is 5.91 Å². The number of nitrogens with zero attached hydrogens (tertiary/aromatic N) is 1. The Kier molecular flexibility index (Phi) is 4.38. The summed E-state index contributed by atoms with van der Waals surface area (Å²) in [6.07, 6.45) is 1.15. The Hall–Kier alpha value is -1.33. The second-order valence-corrected chi connectivity index (χ2v) is 4.73. The first-order chi connectivity index (χ1) is 8.72. The van der Waals surface area contributed by atoms with Crippen molar-refractivity contribution in [3.63, 3.8) is 0 Å². The van der Waals surface area contributed by atoms with Gasteiger partial charge in [-0.25, -0.2) is 0 Å². The topological polar surface area (TPSA) is 71.5 Å². The summed E-state index contributed by atoms with van der Waals surface area (Å²) in [7, 11) is 0. The second kappa shape index (κ2) is 6.02. The van der Waals surface area contributed by atoms with Gasteiger partial charge in [0.15, 0.2) is 5.76 Å². The molecule has 100 valence electrons. The van der Waals surface area contributed by atoms with Gasteiger partial charge in [-0.05, 0) is 37.6 Å². The Labute approximate surface area is 107 Å². The lowest BCUT2D eigenvalue weighted by atomic mass is 10.1. The molecule has 1 saturated heterocycles. The fourth-order valence-corrected chi connectivity index (χ4v) is 2.30. The van der Waals surface area contributed by atoms with Crippen LogP contribution in [0.3, 0.4) is 0 Å². The molecule has 2 rings (SSSR count). The van der Waals surface area contributed by atoms with E-state index in [1.54, 1.807) is 12.1 Å². The maximum atomic E-state index is 11.8. The number of hydrogen-bond acceptors (Lipinski definition) is 4. The number of nitrogens with two attached hydrogens (primary N) is 1. The Balaban J connectivity index is 1.78. The van der Waals surface area contributed by atoms with E-state index in [0.717, 1.165) is 26.1 Å². The molecule has 1 aromatic heterocycles. The molecule has 1 aromatic rings. The molecular formula is C13H21N3O2. The fourth-order valence-electron chi connectivity index (χ4n) is 2.30. The lowest BCUT2D eigenvalue weighted by Crippen LogP contribution is -2.30. The smallest absolute Gasteiger partial charge is 0.287 e. The van der Waals surface area contributed by atoms with Gasteiger partial charge in [0, 0.05) is 13.1 Å². The second-order valence-electron chi connectivity index (χ2n) is 4.73. The molecule has 0 aliphatic carbocycles. The summed E-state index contributed by atoms with van der Waals surface area (Å²) >= 11 is 0. The highest BCUT2D eigenvalue weighted by atomic mass is 16.4. The van der Waals surface area contributed by atoms with Gasteiger partial charge in [-0.2, -0.15) is 0 Å². The molecule has 1 atom stereocenters. The van der Waals surface area contributed by atoms with Crippen molar-refractivity contribution in [3.05, 3.63) is 23.7 Å².